The summed E-state index contributed by atoms with van der Waals surface area (Å²) in [6, 6.07) is 4.45. The molecule has 0 bridgehead atoms. The predicted octanol–water partition coefficient (Wildman–Crippen LogP) is 1.42. The zero-order chi connectivity index (χ0) is 18.2. The highest BCUT2D eigenvalue weighted by atomic mass is 19.3. The Morgan fingerprint density at radius 2 is 1.92 bits per heavy atom. The van der Waals surface area contributed by atoms with Gasteiger partial charge in [-0.05, 0) is 30.2 Å². The van der Waals surface area contributed by atoms with Gasteiger partial charge in [0.05, 0.1) is 0 Å². The number of guanidine groups is 1. The maximum atomic E-state index is 12.9. The largest absolute Gasteiger partial charge is 0.435 e. The molecule has 2 N–H and O–H groups in total. The summed E-state index contributed by atoms with van der Waals surface area (Å²) in [6.45, 7) is -1.33. The number of benzene rings is 1. The molecule has 1 aliphatic rings. The number of aliphatic imine (C=N–C) groups is 1. The SMILES string of the molecule is Cc1cc(C2(c3cncnc3)N=C(N)N(C)C2=O)ccc1OC(F)F. The quantitative estimate of drug-likeness (QED) is 0.903. The highest BCUT2D eigenvalue weighted by molar-refractivity contribution is 6.08. The Morgan fingerprint density at radius 1 is 1.24 bits per heavy atom. The number of amides is 1. The minimum atomic E-state index is -2.94. The van der Waals surface area contributed by atoms with E-state index < -0.39 is 12.2 Å². The van der Waals surface area contributed by atoms with E-state index in [1.165, 1.54) is 42.8 Å². The number of ether oxygens (including phenoxy) is 1. The Kier molecular flexibility index (Phi) is 4.07. The fourth-order valence-electron chi connectivity index (χ4n) is 2.77. The first-order valence-corrected chi connectivity index (χ1v) is 7.31. The Hall–Kier alpha value is -3.10. The van der Waals surface area contributed by atoms with Crippen LogP contribution >= 0.6 is 0 Å². The third-order valence-corrected chi connectivity index (χ3v) is 4.03. The summed E-state index contributed by atoms with van der Waals surface area (Å²) in [5.74, 6) is -0.324. The van der Waals surface area contributed by atoms with Crippen molar-refractivity contribution < 1.29 is 18.3 Å². The lowest BCUT2D eigenvalue weighted by molar-refractivity contribution is -0.129. The monoisotopic (exact) mass is 347 g/mol. The number of aryl methyl sites for hydroxylation is 1. The number of carbonyl (C=O) groups is 1. The van der Waals surface area contributed by atoms with E-state index in [2.05, 4.69) is 19.7 Å². The average molecular weight is 347 g/mol. The van der Waals surface area contributed by atoms with Gasteiger partial charge in [0.15, 0.2) is 11.5 Å². The molecule has 1 amide bonds. The van der Waals surface area contributed by atoms with Crippen molar-refractivity contribution in [2.24, 2.45) is 10.7 Å². The average Bonchev–Trinajstić information content (AvgIpc) is 2.82. The molecule has 0 saturated carbocycles. The first-order chi connectivity index (χ1) is 11.9. The minimum Gasteiger partial charge on any atom is -0.435 e. The molecule has 1 aromatic carbocycles. The van der Waals surface area contributed by atoms with Crippen LogP contribution in [0.3, 0.4) is 0 Å². The van der Waals surface area contributed by atoms with E-state index in [0.717, 1.165) is 0 Å². The summed E-state index contributed by atoms with van der Waals surface area (Å²) in [5.41, 5.74) is 5.70. The molecule has 1 aliphatic heterocycles. The number of rotatable bonds is 4. The zero-order valence-corrected chi connectivity index (χ0v) is 13.5. The lowest BCUT2D eigenvalue weighted by atomic mass is 9.83. The van der Waals surface area contributed by atoms with Crippen LogP contribution in [-0.2, 0) is 10.3 Å². The number of nitrogens with zero attached hydrogens (tertiary/aromatic N) is 4. The number of halogens is 2. The molecule has 130 valence electrons. The summed E-state index contributed by atoms with van der Waals surface area (Å²) in [5, 5.41) is 0. The second-order valence-corrected chi connectivity index (χ2v) is 5.53. The van der Waals surface area contributed by atoms with Crippen molar-refractivity contribution in [3.8, 4) is 5.75 Å². The second-order valence-electron chi connectivity index (χ2n) is 5.53. The van der Waals surface area contributed by atoms with Gasteiger partial charge in [0.2, 0.25) is 0 Å². The Labute approximate surface area is 142 Å². The molecule has 1 aromatic heterocycles. The number of nitrogens with two attached hydrogens (primary N) is 1. The van der Waals surface area contributed by atoms with E-state index in [9.17, 15) is 13.6 Å². The molecule has 0 saturated heterocycles. The Morgan fingerprint density at radius 3 is 2.44 bits per heavy atom. The molecular formula is C16H15F2N5O2. The van der Waals surface area contributed by atoms with Crippen LogP contribution in [0.5, 0.6) is 5.75 Å². The van der Waals surface area contributed by atoms with Crippen molar-refractivity contribution in [3.63, 3.8) is 0 Å². The van der Waals surface area contributed by atoms with Crippen LogP contribution in [-0.4, -0.2) is 40.4 Å². The van der Waals surface area contributed by atoms with Gasteiger partial charge in [-0.25, -0.2) is 15.0 Å². The van der Waals surface area contributed by atoms with Gasteiger partial charge >= 0.3 is 6.61 Å². The molecule has 1 atom stereocenters. The third kappa shape index (κ3) is 2.67. The molecular weight excluding hydrogens is 332 g/mol. The van der Waals surface area contributed by atoms with Crippen LogP contribution in [0.2, 0.25) is 0 Å². The Bertz CT molecular complexity index is 844. The normalized spacial score (nSPS) is 20.1. The number of carbonyl (C=O) groups excluding carboxylic acids is 1. The second kappa shape index (κ2) is 6.08. The molecule has 25 heavy (non-hydrogen) atoms. The van der Waals surface area contributed by atoms with E-state index in [0.29, 0.717) is 16.7 Å². The van der Waals surface area contributed by atoms with E-state index >= 15 is 0 Å². The van der Waals surface area contributed by atoms with Gasteiger partial charge in [-0.1, -0.05) is 6.07 Å². The molecule has 1 unspecified atom stereocenters. The van der Waals surface area contributed by atoms with Gasteiger partial charge < -0.3 is 10.5 Å². The molecule has 0 fully saturated rings. The van der Waals surface area contributed by atoms with Crippen LogP contribution in [0, 0.1) is 6.92 Å². The topological polar surface area (TPSA) is 93.7 Å². The van der Waals surface area contributed by atoms with Crippen molar-refractivity contribution in [1.29, 1.82) is 0 Å². The van der Waals surface area contributed by atoms with Crippen molar-refractivity contribution in [2.45, 2.75) is 19.1 Å². The zero-order valence-electron chi connectivity index (χ0n) is 13.5. The minimum absolute atomic E-state index is 0.0222. The molecule has 9 heteroatoms. The maximum Gasteiger partial charge on any atom is 0.387 e. The van der Waals surface area contributed by atoms with Gasteiger partial charge in [0.1, 0.15) is 12.1 Å². The first kappa shape index (κ1) is 16.7. The van der Waals surface area contributed by atoms with E-state index in [1.807, 2.05) is 0 Å². The summed E-state index contributed by atoms with van der Waals surface area (Å²) >= 11 is 0. The molecule has 0 spiro atoms. The van der Waals surface area contributed by atoms with Crippen LogP contribution in [0.15, 0.2) is 41.9 Å². The van der Waals surface area contributed by atoms with Crippen molar-refractivity contribution >= 4 is 11.9 Å². The smallest absolute Gasteiger partial charge is 0.387 e. The standard InChI is InChI=1S/C16H15F2N5O2/c1-9-5-10(3-4-12(9)25-14(17)18)16(11-6-20-8-21-7-11)13(24)23(2)15(19)22-16/h3-8,14H,1-2H3,(H2,19,22). The van der Waals surface area contributed by atoms with E-state index in [1.54, 1.807) is 13.0 Å². The highest BCUT2D eigenvalue weighted by Gasteiger charge is 2.50. The summed E-state index contributed by atoms with van der Waals surface area (Å²) in [7, 11) is 1.51. The fraction of sp³-hybridized carbons (Fsp3) is 0.250. The molecule has 0 aliphatic carbocycles. The third-order valence-electron chi connectivity index (χ3n) is 4.03. The fourth-order valence-corrected chi connectivity index (χ4v) is 2.77. The number of aromatic nitrogens is 2. The molecule has 2 heterocycles. The molecule has 0 radical (unpaired) electrons. The molecule has 3 rings (SSSR count). The van der Waals surface area contributed by atoms with E-state index in [4.69, 9.17) is 5.73 Å². The van der Waals surface area contributed by atoms with Gasteiger partial charge in [0, 0.05) is 25.0 Å². The molecule has 7 nitrogen and oxygen atoms in total. The Balaban J connectivity index is 2.18. The highest BCUT2D eigenvalue weighted by Crippen LogP contribution is 2.40. The van der Waals surface area contributed by atoms with Crippen molar-refractivity contribution in [3.05, 3.63) is 53.6 Å². The number of likely N-dealkylation sites (N-methyl/N-ethyl adjacent to an activating group) is 1. The van der Waals surface area contributed by atoms with Crippen LogP contribution in [0.1, 0.15) is 16.7 Å². The summed E-state index contributed by atoms with van der Waals surface area (Å²) < 4.78 is 29.4. The number of alkyl halides is 2. The predicted molar refractivity (Wildman–Crippen MR) is 85.0 cm³/mol. The van der Waals surface area contributed by atoms with Crippen LogP contribution in [0.4, 0.5) is 8.78 Å². The first-order valence-electron chi connectivity index (χ1n) is 7.31. The van der Waals surface area contributed by atoms with Crippen LogP contribution < -0.4 is 10.5 Å². The summed E-state index contributed by atoms with van der Waals surface area (Å²) in [6.07, 6.45) is 4.28. The molecule has 2 aromatic rings. The lowest BCUT2D eigenvalue weighted by Crippen LogP contribution is -2.41. The van der Waals surface area contributed by atoms with Gasteiger partial charge in [0.25, 0.3) is 5.91 Å². The lowest BCUT2D eigenvalue weighted by Gasteiger charge is -2.26. The van der Waals surface area contributed by atoms with Crippen LogP contribution in [0.25, 0.3) is 0 Å². The van der Waals surface area contributed by atoms with Crippen molar-refractivity contribution in [1.82, 2.24) is 14.9 Å². The van der Waals surface area contributed by atoms with E-state index in [-0.39, 0.29) is 17.6 Å². The summed E-state index contributed by atoms with van der Waals surface area (Å²) in [4.78, 5) is 26.4. The van der Waals surface area contributed by atoms with Crippen molar-refractivity contribution in [2.75, 3.05) is 7.05 Å². The number of hydrogen-bond donors (Lipinski definition) is 1. The number of hydrogen-bond acceptors (Lipinski definition) is 6. The van der Waals surface area contributed by atoms with Gasteiger partial charge in [-0.3, -0.25) is 9.69 Å². The maximum absolute atomic E-state index is 12.9. The van der Waals surface area contributed by atoms with Gasteiger partial charge in [-0.15, -0.1) is 0 Å². The van der Waals surface area contributed by atoms with Gasteiger partial charge in [-0.2, -0.15) is 8.78 Å².